The van der Waals surface area contributed by atoms with Crippen LogP contribution in [0.5, 0.6) is 5.75 Å². The highest BCUT2D eigenvalue weighted by molar-refractivity contribution is 5.30. The largest absolute Gasteiger partial charge is 0.494 e. The lowest BCUT2D eigenvalue weighted by Crippen LogP contribution is -2.27. The molecule has 1 aromatic rings. The third-order valence-corrected chi connectivity index (χ3v) is 3.07. The maximum absolute atomic E-state index is 13.6. The topological polar surface area (TPSA) is 30.5 Å². The molecule has 1 aromatic carbocycles. The summed E-state index contributed by atoms with van der Waals surface area (Å²) >= 11 is 0. The van der Waals surface area contributed by atoms with Crippen molar-refractivity contribution in [3.63, 3.8) is 0 Å². The monoisotopic (exact) mass is 239 g/mol. The molecule has 94 valence electrons. The Kier molecular flexibility index (Phi) is 3.97. The van der Waals surface area contributed by atoms with Crippen LogP contribution in [0.15, 0.2) is 18.2 Å². The van der Waals surface area contributed by atoms with E-state index in [1.165, 1.54) is 13.2 Å². The van der Waals surface area contributed by atoms with Gasteiger partial charge in [0, 0.05) is 19.2 Å². The molecule has 0 aliphatic carbocycles. The van der Waals surface area contributed by atoms with E-state index in [1.807, 2.05) is 6.07 Å². The van der Waals surface area contributed by atoms with E-state index < -0.39 is 0 Å². The highest BCUT2D eigenvalue weighted by Gasteiger charge is 2.18. The number of hydrogen-bond acceptors (Lipinski definition) is 3. The first-order valence-corrected chi connectivity index (χ1v) is 5.89. The zero-order valence-electron chi connectivity index (χ0n) is 10.2. The molecule has 0 radical (unpaired) electrons. The highest BCUT2D eigenvalue weighted by Crippen LogP contribution is 2.25. The van der Waals surface area contributed by atoms with Crippen molar-refractivity contribution in [2.75, 3.05) is 20.3 Å². The minimum Gasteiger partial charge on any atom is -0.494 e. The molecule has 1 fully saturated rings. The predicted octanol–water partition coefficient (Wildman–Crippen LogP) is 2.27. The summed E-state index contributed by atoms with van der Waals surface area (Å²) < 4.78 is 24.2. The van der Waals surface area contributed by atoms with Crippen LogP contribution in [-0.4, -0.2) is 26.3 Å². The average Bonchev–Trinajstić information content (AvgIpc) is 2.54. The number of rotatable bonds is 2. The Labute approximate surface area is 101 Å². The molecular formula is C13H18FNO2. The molecule has 1 aliphatic heterocycles. The van der Waals surface area contributed by atoms with Gasteiger partial charge in [-0.25, -0.2) is 4.39 Å². The summed E-state index contributed by atoms with van der Waals surface area (Å²) in [6, 6.07) is 5.43. The highest BCUT2D eigenvalue weighted by atomic mass is 19.1. The second-order valence-electron chi connectivity index (χ2n) is 4.35. The average molecular weight is 239 g/mol. The third kappa shape index (κ3) is 2.96. The minimum atomic E-state index is -0.342. The summed E-state index contributed by atoms with van der Waals surface area (Å²) in [5.41, 5.74) is 0.852. The summed E-state index contributed by atoms with van der Waals surface area (Å²) in [6.45, 7) is 3.54. The standard InChI is InChI=1S/C13H18FNO2/c1-9-5-6-17-13(8-15-9)10-3-4-12(16-2)11(14)7-10/h3-4,7,9,13,15H,5-6,8H2,1-2H3. The maximum atomic E-state index is 13.6. The molecule has 0 saturated carbocycles. The summed E-state index contributed by atoms with van der Waals surface area (Å²) in [5, 5.41) is 3.36. The molecule has 2 unspecified atom stereocenters. The Morgan fingerprint density at radius 3 is 3.00 bits per heavy atom. The van der Waals surface area contributed by atoms with Gasteiger partial charge in [-0.1, -0.05) is 6.07 Å². The van der Waals surface area contributed by atoms with Crippen molar-refractivity contribution < 1.29 is 13.9 Å². The molecule has 0 amide bonds. The van der Waals surface area contributed by atoms with Gasteiger partial charge in [0.2, 0.25) is 0 Å². The van der Waals surface area contributed by atoms with Gasteiger partial charge in [0.25, 0.3) is 0 Å². The van der Waals surface area contributed by atoms with Crippen molar-refractivity contribution in [2.45, 2.75) is 25.5 Å². The van der Waals surface area contributed by atoms with Gasteiger partial charge in [-0.15, -0.1) is 0 Å². The van der Waals surface area contributed by atoms with Gasteiger partial charge < -0.3 is 14.8 Å². The molecule has 2 atom stereocenters. The Balaban J connectivity index is 2.13. The van der Waals surface area contributed by atoms with Gasteiger partial charge in [0.05, 0.1) is 13.2 Å². The fourth-order valence-corrected chi connectivity index (χ4v) is 1.95. The second kappa shape index (κ2) is 5.47. The summed E-state index contributed by atoms with van der Waals surface area (Å²) in [7, 11) is 1.46. The molecule has 2 rings (SSSR count). The number of methoxy groups -OCH3 is 1. The van der Waals surface area contributed by atoms with Gasteiger partial charge in [-0.05, 0) is 31.0 Å². The van der Waals surface area contributed by atoms with Crippen LogP contribution in [0.2, 0.25) is 0 Å². The van der Waals surface area contributed by atoms with E-state index in [-0.39, 0.29) is 17.7 Å². The van der Waals surface area contributed by atoms with Crippen LogP contribution in [0, 0.1) is 5.82 Å². The zero-order chi connectivity index (χ0) is 12.3. The Morgan fingerprint density at radius 1 is 1.47 bits per heavy atom. The predicted molar refractivity (Wildman–Crippen MR) is 63.7 cm³/mol. The second-order valence-corrected chi connectivity index (χ2v) is 4.35. The van der Waals surface area contributed by atoms with Crippen LogP contribution in [0.3, 0.4) is 0 Å². The number of benzene rings is 1. The van der Waals surface area contributed by atoms with E-state index in [1.54, 1.807) is 6.07 Å². The SMILES string of the molecule is COc1ccc(C2CNC(C)CCO2)cc1F. The first-order valence-electron chi connectivity index (χ1n) is 5.89. The van der Waals surface area contributed by atoms with Crippen molar-refractivity contribution in [2.24, 2.45) is 0 Å². The Hall–Kier alpha value is -1.13. The molecular weight excluding hydrogens is 221 g/mol. The van der Waals surface area contributed by atoms with E-state index in [4.69, 9.17) is 9.47 Å². The molecule has 3 nitrogen and oxygen atoms in total. The van der Waals surface area contributed by atoms with Gasteiger partial charge >= 0.3 is 0 Å². The number of halogens is 1. The maximum Gasteiger partial charge on any atom is 0.165 e. The molecule has 4 heteroatoms. The van der Waals surface area contributed by atoms with Crippen LogP contribution in [0.4, 0.5) is 4.39 Å². The zero-order valence-corrected chi connectivity index (χ0v) is 10.2. The van der Waals surface area contributed by atoms with E-state index in [0.29, 0.717) is 19.2 Å². The van der Waals surface area contributed by atoms with Crippen LogP contribution < -0.4 is 10.1 Å². The smallest absolute Gasteiger partial charge is 0.165 e. The van der Waals surface area contributed by atoms with Crippen LogP contribution in [-0.2, 0) is 4.74 Å². The van der Waals surface area contributed by atoms with Gasteiger partial charge in [0.15, 0.2) is 11.6 Å². The Bertz CT molecular complexity index is 384. The fourth-order valence-electron chi connectivity index (χ4n) is 1.95. The summed E-state index contributed by atoms with van der Waals surface area (Å²) in [6.07, 6.45) is 0.898. The van der Waals surface area contributed by atoms with Crippen LogP contribution in [0.1, 0.15) is 25.0 Å². The first kappa shape index (κ1) is 12.3. The van der Waals surface area contributed by atoms with Crippen LogP contribution >= 0.6 is 0 Å². The van der Waals surface area contributed by atoms with Crippen molar-refractivity contribution in [1.82, 2.24) is 5.32 Å². The van der Waals surface area contributed by atoms with E-state index in [2.05, 4.69) is 12.2 Å². The van der Waals surface area contributed by atoms with Gasteiger partial charge in [-0.3, -0.25) is 0 Å². The third-order valence-electron chi connectivity index (χ3n) is 3.07. The van der Waals surface area contributed by atoms with Gasteiger partial charge in [0.1, 0.15) is 0 Å². The quantitative estimate of drug-likeness (QED) is 0.858. The Morgan fingerprint density at radius 2 is 2.29 bits per heavy atom. The molecule has 0 aromatic heterocycles. The van der Waals surface area contributed by atoms with Gasteiger partial charge in [-0.2, -0.15) is 0 Å². The molecule has 1 N–H and O–H groups in total. The molecule has 0 spiro atoms. The lowest BCUT2D eigenvalue weighted by molar-refractivity contribution is 0.0662. The van der Waals surface area contributed by atoms with E-state index in [0.717, 1.165) is 12.0 Å². The summed E-state index contributed by atoms with van der Waals surface area (Å²) in [4.78, 5) is 0. The lowest BCUT2D eigenvalue weighted by Gasteiger charge is -2.16. The first-order chi connectivity index (χ1) is 8.20. The number of ether oxygens (including phenoxy) is 2. The van der Waals surface area contributed by atoms with E-state index in [9.17, 15) is 4.39 Å². The van der Waals surface area contributed by atoms with E-state index >= 15 is 0 Å². The minimum absolute atomic E-state index is 0.0830. The van der Waals surface area contributed by atoms with Crippen molar-refractivity contribution in [3.8, 4) is 5.75 Å². The van der Waals surface area contributed by atoms with Crippen LogP contribution in [0.25, 0.3) is 0 Å². The normalized spacial score (nSPS) is 25.4. The lowest BCUT2D eigenvalue weighted by atomic mass is 10.1. The molecule has 1 aliphatic rings. The summed E-state index contributed by atoms with van der Waals surface area (Å²) in [5.74, 6) is -0.0744. The number of hydrogen-bond donors (Lipinski definition) is 1. The van der Waals surface area contributed by atoms with Crippen molar-refractivity contribution in [1.29, 1.82) is 0 Å². The molecule has 1 saturated heterocycles. The van der Waals surface area contributed by atoms with Crippen molar-refractivity contribution >= 4 is 0 Å². The molecule has 1 heterocycles. The fraction of sp³-hybridized carbons (Fsp3) is 0.538. The molecule has 17 heavy (non-hydrogen) atoms. The number of nitrogens with one attached hydrogen (secondary N) is 1. The van der Waals surface area contributed by atoms with Crippen molar-refractivity contribution in [3.05, 3.63) is 29.6 Å². The molecule has 0 bridgehead atoms.